The van der Waals surface area contributed by atoms with Crippen molar-refractivity contribution in [3.8, 4) is 0 Å². The second-order valence-electron chi connectivity index (χ2n) is 9.38. The number of nitrogens with zero attached hydrogens (tertiary/aromatic N) is 2. The minimum atomic E-state index is -0.574. The van der Waals surface area contributed by atoms with Crippen LogP contribution in [0.15, 0.2) is 36.5 Å². The van der Waals surface area contributed by atoms with Crippen molar-refractivity contribution in [1.29, 1.82) is 0 Å². The number of carbonyl (C=O) groups excluding carboxylic acids is 3. The summed E-state index contributed by atoms with van der Waals surface area (Å²) in [4.78, 5) is 43.6. The van der Waals surface area contributed by atoms with Crippen molar-refractivity contribution in [2.45, 2.75) is 71.4 Å². The van der Waals surface area contributed by atoms with E-state index >= 15 is 0 Å². The predicted molar refractivity (Wildman–Crippen MR) is 129 cm³/mol. The van der Waals surface area contributed by atoms with E-state index in [-0.39, 0.29) is 30.7 Å². The normalized spacial score (nSPS) is 18.8. The first-order valence-electron chi connectivity index (χ1n) is 11.2. The summed E-state index contributed by atoms with van der Waals surface area (Å²) in [6.07, 6.45) is 1.20. The van der Waals surface area contributed by atoms with Crippen LogP contribution >= 0.6 is 11.3 Å². The number of rotatable bonds is 6. The molecular weight excluding hydrogens is 456 g/mol. The van der Waals surface area contributed by atoms with E-state index in [9.17, 15) is 14.4 Å². The third-order valence-electron chi connectivity index (χ3n) is 5.20. The van der Waals surface area contributed by atoms with Gasteiger partial charge in [0, 0.05) is 18.6 Å². The summed E-state index contributed by atoms with van der Waals surface area (Å²) in [6, 6.07) is 8.77. The molecule has 2 heterocycles. The van der Waals surface area contributed by atoms with Crippen LogP contribution in [0.4, 0.5) is 9.59 Å². The Balaban J connectivity index is 1.49. The molecule has 10 heteroatoms. The van der Waals surface area contributed by atoms with Gasteiger partial charge in [-0.25, -0.2) is 14.6 Å². The van der Waals surface area contributed by atoms with Gasteiger partial charge in [-0.2, -0.15) is 0 Å². The number of hydrogen-bond acceptors (Lipinski definition) is 7. The molecule has 9 nitrogen and oxygen atoms in total. The molecule has 1 fully saturated rings. The number of ether oxygens (including phenoxy) is 2. The molecule has 3 atom stereocenters. The Morgan fingerprint density at radius 3 is 2.62 bits per heavy atom. The van der Waals surface area contributed by atoms with Crippen molar-refractivity contribution in [3.05, 3.63) is 52.0 Å². The molecule has 1 unspecified atom stereocenters. The van der Waals surface area contributed by atoms with Gasteiger partial charge in [0.2, 0.25) is 0 Å². The first-order chi connectivity index (χ1) is 16.0. The van der Waals surface area contributed by atoms with Crippen LogP contribution in [0.5, 0.6) is 0 Å². The third kappa shape index (κ3) is 7.18. The van der Waals surface area contributed by atoms with Crippen molar-refractivity contribution in [2.75, 3.05) is 6.54 Å². The molecule has 0 radical (unpaired) electrons. The first kappa shape index (κ1) is 25.5. The second kappa shape index (κ2) is 10.9. The van der Waals surface area contributed by atoms with E-state index in [1.165, 1.54) is 17.5 Å². The molecule has 184 valence electrons. The molecule has 2 N–H and O–H groups in total. The maximum Gasteiger partial charge on any atom is 0.410 e. The molecule has 0 spiro atoms. The Hall–Kier alpha value is -3.14. The molecular formula is C24H32N4O5S. The quantitative estimate of drug-likeness (QED) is 0.629. The van der Waals surface area contributed by atoms with Crippen LogP contribution in [0.3, 0.4) is 0 Å². The van der Waals surface area contributed by atoms with E-state index in [0.29, 0.717) is 22.9 Å². The summed E-state index contributed by atoms with van der Waals surface area (Å²) >= 11 is 1.21. The molecule has 0 bridgehead atoms. The highest BCUT2D eigenvalue weighted by molar-refractivity contribution is 7.13. The standard InChI is InChI=1S/C24H32N4O5S/c1-15-11-18(13-28(15)23(31)33-24(3,4)5)27-20(29)19-12-25-21(34-19)16(2)26-22(30)32-14-17-9-7-6-8-10-17/h6-10,12,15-16,18H,11,13-14H2,1-5H3,(H,26,30)(H,27,29)/t15-,16?,18-/m1/s1. The molecule has 0 aliphatic carbocycles. The van der Waals surface area contributed by atoms with Gasteiger partial charge in [-0.05, 0) is 46.6 Å². The summed E-state index contributed by atoms with van der Waals surface area (Å²) in [5, 5.41) is 6.30. The Morgan fingerprint density at radius 2 is 1.94 bits per heavy atom. The fraction of sp³-hybridized carbons (Fsp3) is 0.500. The number of amides is 3. The van der Waals surface area contributed by atoms with E-state index in [4.69, 9.17) is 9.47 Å². The molecule has 1 aromatic heterocycles. The highest BCUT2D eigenvalue weighted by Gasteiger charge is 2.36. The van der Waals surface area contributed by atoms with Crippen LogP contribution in [-0.4, -0.2) is 52.2 Å². The Bertz CT molecular complexity index is 1000. The molecule has 0 saturated carbocycles. The molecule has 2 aromatic rings. The van der Waals surface area contributed by atoms with Crippen LogP contribution in [0.1, 0.15) is 67.3 Å². The lowest BCUT2D eigenvalue weighted by atomic mass is 10.2. The van der Waals surface area contributed by atoms with E-state index < -0.39 is 17.7 Å². The highest BCUT2D eigenvalue weighted by Crippen LogP contribution is 2.23. The summed E-state index contributed by atoms with van der Waals surface area (Å²) < 4.78 is 10.7. The summed E-state index contributed by atoms with van der Waals surface area (Å²) in [5.74, 6) is -0.258. The average Bonchev–Trinajstić information content (AvgIpc) is 3.39. The predicted octanol–water partition coefficient (Wildman–Crippen LogP) is 4.26. The molecule has 3 amide bonds. The summed E-state index contributed by atoms with van der Waals surface area (Å²) in [7, 11) is 0. The number of alkyl carbamates (subject to hydrolysis) is 1. The van der Waals surface area contributed by atoms with E-state index in [1.54, 1.807) is 11.8 Å². The van der Waals surface area contributed by atoms with E-state index in [2.05, 4.69) is 15.6 Å². The minimum absolute atomic E-state index is 0.0386. The lowest BCUT2D eigenvalue weighted by Gasteiger charge is -2.26. The smallest absolute Gasteiger partial charge is 0.410 e. The van der Waals surface area contributed by atoms with Crippen molar-refractivity contribution in [3.63, 3.8) is 0 Å². The van der Waals surface area contributed by atoms with Gasteiger partial charge in [0.15, 0.2) is 0 Å². The van der Waals surface area contributed by atoms with Gasteiger partial charge in [0.05, 0.1) is 12.2 Å². The monoisotopic (exact) mass is 488 g/mol. The van der Waals surface area contributed by atoms with Gasteiger partial charge in [-0.1, -0.05) is 30.3 Å². The summed E-state index contributed by atoms with van der Waals surface area (Å²) in [6.45, 7) is 9.75. The Labute approximate surface area is 203 Å². The zero-order valence-electron chi connectivity index (χ0n) is 20.2. The molecule has 3 rings (SSSR count). The van der Waals surface area contributed by atoms with Gasteiger partial charge >= 0.3 is 12.2 Å². The van der Waals surface area contributed by atoms with Crippen LogP contribution < -0.4 is 10.6 Å². The van der Waals surface area contributed by atoms with Gasteiger partial charge in [0.1, 0.15) is 22.1 Å². The van der Waals surface area contributed by atoms with Crippen LogP contribution in [0, 0.1) is 0 Å². The van der Waals surface area contributed by atoms with Gasteiger partial charge in [0.25, 0.3) is 5.91 Å². The number of benzene rings is 1. The summed E-state index contributed by atoms with van der Waals surface area (Å²) in [5.41, 5.74) is 0.320. The van der Waals surface area contributed by atoms with E-state index in [0.717, 1.165) is 5.56 Å². The number of carbonyl (C=O) groups is 3. The lowest BCUT2D eigenvalue weighted by Crippen LogP contribution is -2.41. The maximum absolute atomic E-state index is 12.7. The van der Waals surface area contributed by atoms with Crippen molar-refractivity contribution >= 4 is 29.4 Å². The fourth-order valence-electron chi connectivity index (χ4n) is 3.56. The van der Waals surface area contributed by atoms with Crippen molar-refractivity contribution < 1.29 is 23.9 Å². The number of hydrogen-bond donors (Lipinski definition) is 2. The molecule has 1 saturated heterocycles. The maximum atomic E-state index is 12.7. The minimum Gasteiger partial charge on any atom is -0.445 e. The van der Waals surface area contributed by atoms with Crippen molar-refractivity contribution in [1.82, 2.24) is 20.5 Å². The van der Waals surface area contributed by atoms with Crippen LogP contribution in [0.25, 0.3) is 0 Å². The van der Waals surface area contributed by atoms with Crippen LogP contribution in [0.2, 0.25) is 0 Å². The molecule has 1 aliphatic heterocycles. The number of likely N-dealkylation sites (tertiary alicyclic amines) is 1. The first-order valence-corrected chi connectivity index (χ1v) is 12.1. The number of nitrogens with one attached hydrogen (secondary N) is 2. The largest absolute Gasteiger partial charge is 0.445 e. The highest BCUT2D eigenvalue weighted by atomic mass is 32.1. The second-order valence-corrected chi connectivity index (χ2v) is 10.4. The zero-order chi connectivity index (χ0) is 24.9. The van der Waals surface area contributed by atoms with E-state index in [1.807, 2.05) is 58.0 Å². The SMILES string of the molecule is CC(NC(=O)OCc1ccccc1)c1ncc(C(=O)N[C@@H]2C[C@@H](C)N(C(=O)OC(C)(C)C)C2)s1. The Morgan fingerprint density at radius 1 is 1.24 bits per heavy atom. The third-order valence-corrected chi connectivity index (χ3v) is 6.38. The molecule has 1 aromatic carbocycles. The van der Waals surface area contributed by atoms with Crippen molar-refractivity contribution in [2.24, 2.45) is 0 Å². The molecule has 1 aliphatic rings. The molecule has 34 heavy (non-hydrogen) atoms. The average molecular weight is 489 g/mol. The van der Waals surface area contributed by atoms with Gasteiger partial charge in [-0.3, -0.25) is 4.79 Å². The number of thiazole rings is 1. The zero-order valence-corrected chi connectivity index (χ0v) is 21.0. The van der Waals surface area contributed by atoms with Gasteiger partial charge in [-0.15, -0.1) is 11.3 Å². The topological polar surface area (TPSA) is 110 Å². The van der Waals surface area contributed by atoms with Gasteiger partial charge < -0.3 is 25.0 Å². The number of aromatic nitrogens is 1. The fourth-order valence-corrected chi connectivity index (χ4v) is 4.39. The Kier molecular flexibility index (Phi) is 8.14. The van der Waals surface area contributed by atoms with Crippen LogP contribution in [-0.2, 0) is 16.1 Å². The lowest BCUT2D eigenvalue weighted by molar-refractivity contribution is 0.0235.